The topological polar surface area (TPSA) is 42.3 Å². The zero-order valence-electron chi connectivity index (χ0n) is 15.1. The van der Waals surface area contributed by atoms with Gasteiger partial charge in [-0.05, 0) is 13.8 Å². The first kappa shape index (κ1) is 28.7. The second-order valence-electron chi connectivity index (χ2n) is 3.90. The van der Waals surface area contributed by atoms with Gasteiger partial charge in [0.15, 0.2) is 0 Å². The maximum atomic E-state index is 3.56. The van der Waals surface area contributed by atoms with Crippen molar-refractivity contribution < 1.29 is 20.4 Å². The predicted molar refractivity (Wildman–Crippen MR) is 97.1 cm³/mol. The summed E-state index contributed by atoms with van der Waals surface area (Å²) in [6, 6.07) is 0. The van der Waals surface area contributed by atoms with Crippen LogP contribution in [0.5, 0.6) is 0 Å². The fraction of sp³-hybridized carbons (Fsp3) is 0.529. The van der Waals surface area contributed by atoms with Gasteiger partial charge in [0.05, 0.1) is 0 Å². The minimum atomic E-state index is 1.17. The Labute approximate surface area is 145 Å². The molecule has 0 bridgehead atoms. The second-order valence-corrected chi connectivity index (χ2v) is 4.91. The van der Waals surface area contributed by atoms with Crippen LogP contribution < -0.4 is 0 Å². The summed E-state index contributed by atoms with van der Waals surface area (Å²) in [5.74, 6) is 0. The van der Waals surface area contributed by atoms with Gasteiger partial charge >= 0.3 is 49.0 Å². The van der Waals surface area contributed by atoms with Gasteiger partial charge in [0.1, 0.15) is 0 Å². The zero-order valence-corrected chi connectivity index (χ0v) is 16.7. The molecule has 0 spiro atoms. The summed E-state index contributed by atoms with van der Waals surface area (Å²) in [6.45, 7) is 7.58. The molecule has 0 aromatic rings. The molecule has 1 aliphatic rings. The average molecular weight is 327 g/mol. The van der Waals surface area contributed by atoms with Crippen molar-refractivity contribution in [2.45, 2.75) is 20.3 Å². The van der Waals surface area contributed by atoms with Crippen LogP contribution >= 0.6 is 0 Å². The molecule has 0 fully saturated rings. The Hall–Kier alpha value is -0.446. The molecule has 0 aromatic heterocycles. The molecule has 0 unspecified atom stereocenters. The van der Waals surface area contributed by atoms with E-state index >= 15 is 0 Å². The number of nitrogens with zero attached hydrogens (tertiary/aromatic N) is 3. The molecular weight excluding hydrogens is 294 g/mol. The first-order chi connectivity index (χ1) is 9.94. The molecular formula is C17H33N3Ti. The van der Waals surface area contributed by atoms with Gasteiger partial charge in [-0.15, -0.1) is 0 Å². The van der Waals surface area contributed by atoms with Crippen molar-refractivity contribution in [2.24, 2.45) is 0 Å². The van der Waals surface area contributed by atoms with Crippen LogP contribution in [0, 0.1) is 0 Å². The van der Waals surface area contributed by atoms with Crippen molar-refractivity contribution in [1.29, 1.82) is 0 Å². The molecule has 0 aliphatic heterocycles. The number of hydrogen-bond acceptors (Lipinski definition) is 0. The van der Waals surface area contributed by atoms with E-state index in [4.69, 9.17) is 0 Å². The number of rotatable bonds is 1. The van der Waals surface area contributed by atoms with E-state index < -0.39 is 0 Å². The third-order valence-electron chi connectivity index (χ3n) is 1.55. The van der Waals surface area contributed by atoms with Crippen LogP contribution in [0.1, 0.15) is 20.3 Å². The molecule has 1 rings (SSSR count). The number of hydrogen-bond donors (Lipinski definition) is 0. The summed E-state index contributed by atoms with van der Waals surface area (Å²) >= 11 is 2.14. The fourth-order valence-electron chi connectivity index (χ4n) is 0.565. The molecule has 120 valence electrons. The third kappa shape index (κ3) is 54.1. The van der Waals surface area contributed by atoms with Crippen molar-refractivity contribution in [3.8, 4) is 0 Å². The standard InChI is InChI=1S/C6H10.C5H5.3C2H6N.Ti/c1-4-6(3)5-2;1-2-4-5-3-1;3*1-3-2;/h4-5H,1H2,2-3H3;1-3H,4H2;3*1-2H3;/q;;3*-1;+3. The van der Waals surface area contributed by atoms with Crippen molar-refractivity contribution in [1.82, 2.24) is 0 Å². The molecule has 3 nitrogen and oxygen atoms in total. The van der Waals surface area contributed by atoms with E-state index in [2.05, 4.69) is 61.2 Å². The van der Waals surface area contributed by atoms with Crippen LogP contribution in [0.4, 0.5) is 0 Å². The van der Waals surface area contributed by atoms with Gasteiger partial charge < -0.3 is 16.0 Å². The molecule has 0 heterocycles. The van der Waals surface area contributed by atoms with Crippen LogP contribution in [-0.4, -0.2) is 42.3 Å². The second kappa shape index (κ2) is 31.8. The summed E-state index contributed by atoms with van der Waals surface area (Å²) in [6.07, 6.45) is 11.4. The summed E-state index contributed by atoms with van der Waals surface area (Å²) < 4.78 is 1.47. The molecule has 0 amide bonds. The van der Waals surface area contributed by atoms with Gasteiger partial charge in [-0.3, -0.25) is 0 Å². The SMILES string of the molecule is C=CC(C)=CC.C[N-]C.C[N-]C.C[N-]C.[Ti+3][C]1=CC=CC1. The Morgan fingerprint density at radius 3 is 1.52 bits per heavy atom. The van der Waals surface area contributed by atoms with E-state index in [0.29, 0.717) is 0 Å². The molecule has 21 heavy (non-hydrogen) atoms. The normalized spacial score (nSPS) is 11.1. The van der Waals surface area contributed by atoms with Gasteiger partial charge in [0.2, 0.25) is 0 Å². The van der Waals surface area contributed by atoms with E-state index in [1.54, 1.807) is 42.3 Å². The molecule has 0 radical (unpaired) electrons. The first-order valence-corrected chi connectivity index (χ1v) is 7.49. The molecule has 0 aromatic carbocycles. The Kier molecular flexibility index (Phi) is 43.4. The summed E-state index contributed by atoms with van der Waals surface area (Å²) in [4.78, 5) is 0. The fourth-order valence-corrected chi connectivity index (χ4v) is 0.899. The molecule has 4 heteroatoms. The van der Waals surface area contributed by atoms with E-state index in [-0.39, 0.29) is 0 Å². The van der Waals surface area contributed by atoms with Crippen molar-refractivity contribution >= 4 is 0 Å². The molecule has 0 atom stereocenters. The first-order valence-electron chi connectivity index (χ1n) is 6.71. The van der Waals surface area contributed by atoms with E-state index in [1.807, 2.05) is 26.0 Å². The Morgan fingerprint density at radius 1 is 1.10 bits per heavy atom. The van der Waals surface area contributed by atoms with E-state index in [9.17, 15) is 0 Å². The Bertz CT molecular complexity index is 264. The van der Waals surface area contributed by atoms with Gasteiger partial charge in [-0.25, -0.2) is 0 Å². The Balaban J connectivity index is -0.0000000907. The van der Waals surface area contributed by atoms with Crippen molar-refractivity contribution in [3.63, 3.8) is 0 Å². The molecule has 0 saturated carbocycles. The monoisotopic (exact) mass is 327 g/mol. The van der Waals surface area contributed by atoms with Gasteiger partial charge in [-0.2, -0.15) is 42.3 Å². The summed E-state index contributed by atoms with van der Waals surface area (Å²) in [5.41, 5.74) is 1.23. The summed E-state index contributed by atoms with van der Waals surface area (Å²) in [5, 5.41) is 10.5. The molecule has 0 saturated heterocycles. The van der Waals surface area contributed by atoms with Crippen molar-refractivity contribution in [3.05, 3.63) is 62.4 Å². The minimum absolute atomic E-state index is 1.17. The quantitative estimate of drug-likeness (QED) is 0.459. The molecule has 0 N–H and O–H groups in total. The van der Waals surface area contributed by atoms with Crippen LogP contribution in [0.3, 0.4) is 0 Å². The van der Waals surface area contributed by atoms with E-state index in [1.165, 1.54) is 15.9 Å². The maximum absolute atomic E-state index is 3.56. The summed E-state index contributed by atoms with van der Waals surface area (Å²) in [7, 11) is 10.5. The van der Waals surface area contributed by atoms with Gasteiger partial charge in [-0.1, -0.05) is 24.3 Å². The predicted octanol–water partition coefficient (Wildman–Crippen LogP) is 5.37. The zero-order chi connectivity index (χ0) is 17.5. The van der Waals surface area contributed by atoms with E-state index in [0.717, 1.165) is 0 Å². The van der Waals surface area contributed by atoms with Gasteiger partial charge in [0, 0.05) is 0 Å². The van der Waals surface area contributed by atoms with Gasteiger partial charge in [0.25, 0.3) is 0 Å². The van der Waals surface area contributed by atoms with Crippen LogP contribution in [0.2, 0.25) is 0 Å². The number of allylic oxidation sites excluding steroid dienone is 7. The third-order valence-corrected chi connectivity index (χ3v) is 2.13. The molecule has 1 aliphatic carbocycles. The van der Waals surface area contributed by atoms with Crippen molar-refractivity contribution in [2.75, 3.05) is 42.3 Å². The van der Waals surface area contributed by atoms with Crippen LogP contribution in [0.25, 0.3) is 16.0 Å². The van der Waals surface area contributed by atoms with Crippen LogP contribution in [-0.2, 0) is 20.4 Å². The van der Waals surface area contributed by atoms with Crippen LogP contribution in [0.15, 0.2) is 46.4 Å². The Morgan fingerprint density at radius 2 is 1.48 bits per heavy atom. The average Bonchev–Trinajstić information content (AvgIpc) is 2.92.